The van der Waals surface area contributed by atoms with Crippen LogP contribution in [0, 0.1) is 0 Å². The van der Waals surface area contributed by atoms with Crippen LogP contribution < -0.4 is 5.32 Å². The van der Waals surface area contributed by atoms with E-state index in [1.54, 1.807) is 0 Å². The number of rotatable bonds is 4. The highest BCUT2D eigenvalue weighted by Gasteiger charge is 2.19. The third-order valence-electron chi connectivity index (χ3n) is 3.69. The summed E-state index contributed by atoms with van der Waals surface area (Å²) in [5.74, 6) is 4.98. The number of hydrogen-bond acceptors (Lipinski definition) is 4. The predicted molar refractivity (Wildman–Crippen MR) is 81.7 cm³/mol. The Bertz CT molecular complexity index is 368. The van der Waals surface area contributed by atoms with E-state index in [0.717, 1.165) is 17.7 Å². The lowest BCUT2D eigenvalue weighted by atomic mass is 10.2. The van der Waals surface area contributed by atoms with Gasteiger partial charge in [-0.05, 0) is 12.8 Å². The molecule has 2 heterocycles. The molecule has 1 atom stereocenters. The molecule has 1 aliphatic heterocycles. The van der Waals surface area contributed by atoms with Gasteiger partial charge in [-0.2, -0.15) is 23.5 Å². The highest BCUT2D eigenvalue weighted by atomic mass is 32.2. The summed E-state index contributed by atoms with van der Waals surface area (Å²) in [7, 11) is 0. The molecule has 0 amide bonds. The molecule has 1 N–H and O–H groups in total. The van der Waals surface area contributed by atoms with Gasteiger partial charge in [0.25, 0.3) is 0 Å². The number of thioether (sulfide) groups is 2. The molecule has 0 spiro atoms. The third kappa shape index (κ3) is 3.18. The predicted octanol–water partition coefficient (Wildman–Crippen LogP) is 3.09. The molecule has 1 unspecified atom stereocenters. The fraction of sp³-hybridized carbons (Fsp3) is 0.769. The molecule has 5 heteroatoms. The zero-order chi connectivity index (χ0) is 12.2. The highest BCUT2D eigenvalue weighted by molar-refractivity contribution is 8.06. The van der Waals surface area contributed by atoms with Crippen LogP contribution in [-0.2, 0) is 6.54 Å². The quantitative estimate of drug-likeness (QED) is 0.919. The minimum Gasteiger partial charge on any atom is -0.353 e. The topological polar surface area (TPSA) is 29.9 Å². The Morgan fingerprint density at radius 2 is 2.22 bits per heavy atom. The number of imidazole rings is 1. The van der Waals surface area contributed by atoms with Crippen LogP contribution in [0.5, 0.6) is 0 Å². The van der Waals surface area contributed by atoms with Crippen LogP contribution in [0.25, 0.3) is 0 Å². The molecular formula is C13H21N3S2. The largest absolute Gasteiger partial charge is 0.353 e. The van der Waals surface area contributed by atoms with Crippen LogP contribution in [0.2, 0.25) is 0 Å². The Morgan fingerprint density at radius 3 is 3.00 bits per heavy atom. The molecule has 1 saturated heterocycles. The monoisotopic (exact) mass is 283 g/mol. The van der Waals surface area contributed by atoms with E-state index < -0.39 is 0 Å². The van der Waals surface area contributed by atoms with E-state index in [9.17, 15) is 0 Å². The first-order valence-electron chi connectivity index (χ1n) is 6.89. The third-order valence-corrected chi connectivity index (χ3v) is 6.52. The minimum absolute atomic E-state index is 0.652. The molecule has 2 aliphatic rings. The van der Waals surface area contributed by atoms with Crippen LogP contribution in [-0.4, -0.2) is 38.1 Å². The highest BCUT2D eigenvalue weighted by Crippen LogP contribution is 2.27. The molecule has 100 valence electrons. The van der Waals surface area contributed by atoms with Crippen molar-refractivity contribution in [2.75, 3.05) is 22.6 Å². The van der Waals surface area contributed by atoms with Crippen LogP contribution in [0.15, 0.2) is 12.4 Å². The Morgan fingerprint density at radius 1 is 1.33 bits per heavy atom. The van der Waals surface area contributed by atoms with Gasteiger partial charge in [-0.25, -0.2) is 4.98 Å². The van der Waals surface area contributed by atoms with Gasteiger partial charge in [-0.3, -0.25) is 0 Å². The number of anilines is 1. The number of nitrogens with one attached hydrogen (secondary N) is 1. The fourth-order valence-corrected chi connectivity index (χ4v) is 5.37. The number of hydrogen-bond donors (Lipinski definition) is 1. The van der Waals surface area contributed by atoms with Crippen molar-refractivity contribution in [2.24, 2.45) is 0 Å². The van der Waals surface area contributed by atoms with Gasteiger partial charge >= 0.3 is 0 Å². The summed E-state index contributed by atoms with van der Waals surface area (Å²) >= 11 is 4.20. The van der Waals surface area contributed by atoms with E-state index in [2.05, 4.69) is 44.6 Å². The molecule has 2 fully saturated rings. The normalized spacial score (nSPS) is 25.4. The van der Waals surface area contributed by atoms with Gasteiger partial charge in [0.2, 0.25) is 5.95 Å². The van der Waals surface area contributed by atoms with Crippen molar-refractivity contribution in [1.82, 2.24) is 9.55 Å². The molecule has 1 aromatic heterocycles. The zero-order valence-electron chi connectivity index (χ0n) is 10.7. The molecule has 1 aliphatic carbocycles. The van der Waals surface area contributed by atoms with Crippen LogP contribution in [0.1, 0.15) is 25.7 Å². The maximum Gasteiger partial charge on any atom is 0.203 e. The van der Waals surface area contributed by atoms with E-state index in [4.69, 9.17) is 0 Å². The van der Waals surface area contributed by atoms with Crippen molar-refractivity contribution in [3.05, 3.63) is 12.4 Å². The summed E-state index contributed by atoms with van der Waals surface area (Å²) in [5, 5.41) is 4.37. The van der Waals surface area contributed by atoms with Gasteiger partial charge in [0.05, 0.1) is 0 Å². The van der Waals surface area contributed by atoms with Crippen LogP contribution in [0.3, 0.4) is 0 Å². The molecule has 0 aromatic carbocycles. The summed E-state index contributed by atoms with van der Waals surface area (Å²) in [5.41, 5.74) is 0. The van der Waals surface area contributed by atoms with Crippen molar-refractivity contribution in [2.45, 2.75) is 43.5 Å². The van der Waals surface area contributed by atoms with E-state index in [0.29, 0.717) is 6.04 Å². The first kappa shape index (κ1) is 12.7. The zero-order valence-corrected chi connectivity index (χ0v) is 12.3. The van der Waals surface area contributed by atoms with E-state index >= 15 is 0 Å². The molecule has 18 heavy (non-hydrogen) atoms. The van der Waals surface area contributed by atoms with Crippen LogP contribution in [0.4, 0.5) is 5.95 Å². The Hall–Kier alpha value is -0.290. The first-order chi connectivity index (χ1) is 8.92. The lowest BCUT2D eigenvalue weighted by Gasteiger charge is -2.23. The average Bonchev–Trinajstić information content (AvgIpc) is 3.04. The minimum atomic E-state index is 0.652. The van der Waals surface area contributed by atoms with Gasteiger partial charge in [-0.1, -0.05) is 12.8 Å². The summed E-state index contributed by atoms with van der Waals surface area (Å²) in [6, 6.07) is 0.652. The second kappa shape index (κ2) is 6.24. The molecular weight excluding hydrogens is 262 g/mol. The van der Waals surface area contributed by atoms with Gasteiger partial charge in [0, 0.05) is 47.5 Å². The van der Waals surface area contributed by atoms with Gasteiger partial charge in [0.15, 0.2) is 0 Å². The Balaban J connectivity index is 1.59. The van der Waals surface area contributed by atoms with Gasteiger partial charge < -0.3 is 9.88 Å². The standard InChI is InChI=1S/C13H21N3S2/c1-2-4-11(3-1)15-13-14-5-6-16(13)9-12-10-17-7-8-18-12/h5-6,11-12H,1-4,7-10H2,(H,14,15). The smallest absolute Gasteiger partial charge is 0.203 e. The summed E-state index contributed by atoms with van der Waals surface area (Å²) in [6.07, 6.45) is 9.40. The maximum absolute atomic E-state index is 4.48. The van der Waals surface area contributed by atoms with Crippen molar-refractivity contribution in [3.63, 3.8) is 0 Å². The van der Waals surface area contributed by atoms with Crippen molar-refractivity contribution < 1.29 is 0 Å². The van der Waals surface area contributed by atoms with Crippen molar-refractivity contribution in [3.8, 4) is 0 Å². The van der Waals surface area contributed by atoms with Gasteiger partial charge in [0.1, 0.15) is 0 Å². The molecule has 1 aromatic rings. The molecule has 0 radical (unpaired) electrons. The lowest BCUT2D eigenvalue weighted by Crippen LogP contribution is -2.23. The Labute approximate surface area is 118 Å². The van der Waals surface area contributed by atoms with Crippen LogP contribution >= 0.6 is 23.5 Å². The van der Waals surface area contributed by atoms with E-state index in [-0.39, 0.29) is 0 Å². The average molecular weight is 283 g/mol. The summed E-state index contributed by atoms with van der Waals surface area (Å²) in [6.45, 7) is 1.10. The van der Waals surface area contributed by atoms with E-state index in [1.165, 1.54) is 42.9 Å². The van der Waals surface area contributed by atoms with Crippen molar-refractivity contribution >= 4 is 29.5 Å². The second-order valence-electron chi connectivity index (χ2n) is 5.10. The number of nitrogens with zero attached hydrogens (tertiary/aromatic N) is 2. The molecule has 3 nitrogen and oxygen atoms in total. The summed E-state index contributed by atoms with van der Waals surface area (Å²) in [4.78, 5) is 4.48. The van der Waals surface area contributed by atoms with Gasteiger partial charge in [-0.15, -0.1) is 0 Å². The lowest BCUT2D eigenvalue weighted by molar-refractivity contribution is 0.673. The maximum atomic E-state index is 4.48. The van der Waals surface area contributed by atoms with E-state index in [1.807, 2.05) is 6.20 Å². The molecule has 0 bridgehead atoms. The fourth-order valence-electron chi connectivity index (χ4n) is 2.71. The summed E-state index contributed by atoms with van der Waals surface area (Å²) < 4.78 is 2.31. The SMILES string of the molecule is c1cn(CC2CSCCS2)c(NC2CCCC2)n1. The molecule has 3 rings (SSSR count). The number of aromatic nitrogens is 2. The molecule has 1 saturated carbocycles. The Kier molecular flexibility index (Phi) is 4.41. The first-order valence-corrected chi connectivity index (χ1v) is 9.09. The second-order valence-corrected chi connectivity index (χ2v) is 7.65. The van der Waals surface area contributed by atoms with Crippen molar-refractivity contribution in [1.29, 1.82) is 0 Å².